The summed E-state index contributed by atoms with van der Waals surface area (Å²) >= 11 is 5.99. The molecule has 6 heteroatoms. The predicted octanol–water partition coefficient (Wildman–Crippen LogP) is 2.41. The third-order valence-electron chi connectivity index (χ3n) is 4.76. The van der Waals surface area contributed by atoms with Crippen LogP contribution in [0.1, 0.15) is 23.8 Å². The highest BCUT2D eigenvalue weighted by atomic mass is 35.5. The van der Waals surface area contributed by atoms with Gasteiger partial charge in [0.25, 0.3) is 5.91 Å². The molecule has 2 aliphatic rings. The van der Waals surface area contributed by atoms with Crippen molar-refractivity contribution in [3.8, 4) is 0 Å². The summed E-state index contributed by atoms with van der Waals surface area (Å²) in [7, 11) is 0. The lowest BCUT2D eigenvalue weighted by molar-refractivity contribution is -0.0390. The van der Waals surface area contributed by atoms with Crippen LogP contribution in [0.3, 0.4) is 0 Å². The summed E-state index contributed by atoms with van der Waals surface area (Å²) in [6.07, 6.45) is 1.23. The second kappa shape index (κ2) is 5.82. The molecule has 2 saturated heterocycles. The van der Waals surface area contributed by atoms with Crippen LogP contribution in [0.25, 0.3) is 10.9 Å². The van der Waals surface area contributed by atoms with E-state index in [2.05, 4.69) is 22.1 Å². The highest BCUT2D eigenvalue weighted by molar-refractivity contribution is 6.31. The Morgan fingerprint density at radius 1 is 1.39 bits per heavy atom. The largest absolute Gasteiger partial charge is 0.376 e. The zero-order valence-electron chi connectivity index (χ0n) is 13.0. The summed E-state index contributed by atoms with van der Waals surface area (Å²) < 4.78 is 5.71. The van der Waals surface area contributed by atoms with E-state index in [9.17, 15) is 4.79 Å². The highest BCUT2D eigenvalue weighted by Crippen LogP contribution is 2.24. The van der Waals surface area contributed by atoms with Gasteiger partial charge >= 0.3 is 0 Å². The number of aromatic amines is 1. The Kier molecular flexibility index (Phi) is 3.79. The summed E-state index contributed by atoms with van der Waals surface area (Å²) in [5, 5.41) is 4.77. The molecule has 5 nitrogen and oxygen atoms in total. The highest BCUT2D eigenvalue weighted by Gasteiger charge is 2.36. The zero-order chi connectivity index (χ0) is 16.0. The fourth-order valence-electron chi connectivity index (χ4n) is 3.63. The second-order valence-electron chi connectivity index (χ2n) is 6.57. The number of aromatic nitrogens is 1. The summed E-state index contributed by atoms with van der Waals surface area (Å²) in [6.45, 7) is 4.70. The fourth-order valence-corrected chi connectivity index (χ4v) is 3.81. The average molecular weight is 334 g/mol. The number of halogens is 1. The molecule has 1 aromatic carbocycles. The number of nitrogens with one attached hydrogen (secondary N) is 2. The lowest BCUT2D eigenvalue weighted by Crippen LogP contribution is -2.45. The zero-order valence-corrected chi connectivity index (χ0v) is 13.8. The predicted molar refractivity (Wildman–Crippen MR) is 90.0 cm³/mol. The van der Waals surface area contributed by atoms with Gasteiger partial charge in [-0.05, 0) is 37.6 Å². The summed E-state index contributed by atoms with van der Waals surface area (Å²) in [6, 6.07) is 8.03. The van der Waals surface area contributed by atoms with Gasteiger partial charge in [0.2, 0.25) is 0 Å². The van der Waals surface area contributed by atoms with Crippen molar-refractivity contribution >= 4 is 28.4 Å². The quantitative estimate of drug-likeness (QED) is 0.887. The smallest absolute Gasteiger partial charge is 0.267 e. The van der Waals surface area contributed by atoms with Crippen molar-refractivity contribution in [3.05, 3.63) is 35.0 Å². The molecular weight excluding hydrogens is 314 g/mol. The van der Waals surface area contributed by atoms with E-state index in [0.717, 1.165) is 37.0 Å². The number of hydrogen-bond acceptors (Lipinski definition) is 3. The van der Waals surface area contributed by atoms with Crippen molar-refractivity contribution in [2.24, 2.45) is 0 Å². The summed E-state index contributed by atoms with van der Waals surface area (Å²) in [5.74, 6) is -0.0591. The van der Waals surface area contributed by atoms with Crippen LogP contribution >= 0.6 is 11.6 Å². The van der Waals surface area contributed by atoms with Gasteiger partial charge in [-0.15, -0.1) is 0 Å². The van der Waals surface area contributed by atoms with Gasteiger partial charge in [-0.3, -0.25) is 9.69 Å². The lowest BCUT2D eigenvalue weighted by Gasteiger charge is -2.33. The molecule has 0 spiro atoms. The molecule has 3 heterocycles. The Bertz CT molecular complexity index is 745. The van der Waals surface area contributed by atoms with Gasteiger partial charge in [0.05, 0.1) is 12.7 Å². The van der Waals surface area contributed by atoms with Gasteiger partial charge in [-0.2, -0.15) is 0 Å². The SMILES string of the molecule is C[C@H]1CN2C[C@@H](NC(=O)c3cc4cc(Cl)ccc4[nH]3)C[C@H]2CO1. The minimum absolute atomic E-state index is 0.0591. The number of hydrogen-bond donors (Lipinski definition) is 2. The standard InChI is InChI=1S/C17H20ClN3O2/c1-10-7-21-8-13(6-14(21)9-23-10)19-17(22)16-5-11-4-12(18)2-3-15(11)20-16/h2-5,10,13-14,20H,6-9H2,1H3,(H,19,22)/t10-,13-,14-/m0/s1. The van der Waals surface area contributed by atoms with E-state index in [1.807, 2.05) is 24.3 Å². The maximum atomic E-state index is 12.5. The van der Waals surface area contributed by atoms with Crippen molar-refractivity contribution in [2.45, 2.75) is 31.5 Å². The maximum absolute atomic E-state index is 12.5. The molecule has 122 valence electrons. The van der Waals surface area contributed by atoms with E-state index in [1.165, 1.54) is 0 Å². The number of benzene rings is 1. The minimum Gasteiger partial charge on any atom is -0.376 e. The molecule has 23 heavy (non-hydrogen) atoms. The molecule has 0 unspecified atom stereocenters. The molecule has 1 amide bonds. The Labute approximate surface area is 139 Å². The Balaban J connectivity index is 1.45. The molecule has 0 bridgehead atoms. The molecule has 0 radical (unpaired) electrons. The third kappa shape index (κ3) is 2.96. The molecule has 4 rings (SSSR count). The molecule has 2 aromatic rings. The Morgan fingerprint density at radius 2 is 2.26 bits per heavy atom. The lowest BCUT2D eigenvalue weighted by atomic mass is 10.1. The van der Waals surface area contributed by atoms with Gasteiger partial charge in [0, 0.05) is 41.1 Å². The van der Waals surface area contributed by atoms with E-state index in [0.29, 0.717) is 16.8 Å². The van der Waals surface area contributed by atoms with Gasteiger partial charge in [-0.25, -0.2) is 0 Å². The van der Waals surface area contributed by atoms with E-state index in [-0.39, 0.29) is 18.1 Å². The van der Waals surface area contributed by atoms with Gasteiger partial charge in [0.1, 0.15) is 5.69 Å². The molecular formula is C17H20ClN3O2. The first-order valence-electron chi connectivity index (χ1n) is 8.03. The van der Waals surface area contributed by atoms with Crippen LogP contribution < -0.4 is 5.32 Å². The molecule has 2 N–H and O–H groups in total. The van der Waals surface area contributed by atoms with E-state index in [1.54, 1.807) is 0 Å². The number of amides is 1. The number of H-pyrrole nitrogens is 1. The first kappa shape index (κ1) is 15.0. The number of rotatable bonds is 2. The molecule has 1 aromatic heterocycles. The first-order valence-corrected chi connectivity index (χ1v) is 8.41. The Morgan fingerprint density at radius 3 is 3.13 bits per heavy atom. The van der Waals surface area contributed by atoms with E-state index >= 15 is 0 Å². The van der Waals surface area contributed by atoms with Gasteiger partial charge in [-0.1, -0.05) is 11.6 Å². The average Bonchev–Trinajstić information content (AvgIpc) is 3.09. The maximum Gasteiger partial charge on any atom is 0.267 e. The second-order valence-corrected chi connectivity index (χ2v) is 7.01. The molecule has 2 aliphatic heterocycles. The van der Waals surface area contributed by atoms with Crippen LogP contribution in [0, 0.1) is 0 Å². The van der Waals surface area contributed by atoms with Crippen LogP contribution in [-0.2, 0) is 4.74 Å². The number of fused-ring (bicyclic) bond motifs is 2. The van der Waals surface area contributed by atoms with Crippen molar-refractivity contribution < 1.29 is 9.53 Å². The van der Waals surface area contributed by atoms with Crippen LogP contribution in [0.4, 0.5) is 0 Å². The van der Waals surface area contributed by atoms with Crippen LogP contribution in [-0.4, -0.2) is 53.7 Å². The number of carbonyl (C=O) groups is 1. The number of nitrogens with zero attached hydrogens (tertiary/aromatic N) is 1. The van der Waals surface area contributed by atoms with Crippen LogP contribution in [0.15, 0.2) is 24.3 Å². The van der Waals surface area contributed by atoms with Crippen LogP contribution in [0.2, 0.25) is 5.02 Å². The third-order valence-corrected chi connectivity index (χ3v) is 4.99. The topological polar surface area (TPSA) is 57.4 Å². The molecule has 2 fully saturated rings. The van der Waals surface area contributed by atoms with E-state index < -0.39 is 0 Å². The van der Waals surface area contributed by atoms with Crippen molar-refractivity contribution in [1.82, 2.24) is 15.2 Å². The first-order chi connectivity index (χ1) is 11.1. The molecule has 3 atom stereocenters. The number of ether oxygens (including phenoxy) is 1. The van der Waals surface area contributed by atoms with E-state index in [4.69, 9.17) is 16.3 Å². The number of morpholine rings is 1. The molecule has 0 aliphatic carbocycles. The van der Waals surface area contributed by atoms with Crippen molar-refractivity contribution in [3.63, 3.8) is 0 Å². The minimum atomic E-state index is -0.0591. The normalized spacial score (nSPS) is 28.0. The monoisotopic (exact) mass is 333 g/mol. The summed E-state index contributed by atoms with van der Waals surface area (Å²) in [5.41, 5.74) is 1.50. The molecule has 0 saturated carbocycles. The van der Waals surface area contributed by atoms with Crippen LogP contribution in [0.5, 0.6) is 0 Å². The number of carbonyl (C=O) groups excluding carboxylic acids is 1. The summed E-state index contributed by atoms with van der Waals surface area (Å²) in [4.78, 5) is 18.1. The van der Waals surface area contributed by atoms with Crippen molar-refractivity contribution in [1.29, 1.82) is 0 Å². The Hall–Kier alpha value is -1.56. The van der Waals surface area contributed by atoms with Gasteiger partial charge in [0.15, 0.2) is 0 Å². The van der Waals surface area contributed by atoms with Gasteiger partial charge < -0.3 is 15.0 Å². The van der Waals surface area contributed by atoms with Crippen molar-refractivity contribution in [2.75, 3.05) is 19.7 Å². The fraction of sp³-hybridized carbons (Fsp3) is 0.471.